The van der Waals surface area contributed by atoms with Crippen LogP contribution in [0.15, 0.2) is 47.3 Å². The van der Waals surface area contributed by atoms with Gasteiger partial charge in [0.25, 0.3) is 0 Å². The monoisotopic (exact) mass is 199 g/mol. The van der Waals surface area contributed by atoms with E-state index >= 15 is 0 Å². The number of pyridine rings is 1. The third-order valence-corrected chi connectivity index (χ3v) is 2.13. The lowest BCUT2D eigenvalue weighted by Gasteiger charge is -2.00. The van der Waals surface area contributed by atoms with Crippen molar-refractivity contribution in [3.63, 3.8) is 0 Å². The fourth-order valence-corrected chi connectivity index (χ4v) is 1.36. The van der Waals surface area contributed by atoms with Gasteiger partial charge >= 0.3 is 0 Å². The maximum atomic E-state index is 11.1. The number of H-pyrrole nitrogens is 1. The Morgan fingerprint density at radius 3 is 2.33 bits per heavy atom. The molecule has 0 saturated carbocycles. The quantitative estimate of drug-likeness (QED) is 0.750. The second kappa shape index (κ2) is 3.92. The molecule has 1 aromatic heterocycles. The van der Waals surface area contributed by atoms with E-state index in [1.165, 1.54) is 6.07 Å². The summed E-state index contributed by atoms with van der Waals surface area (Å²) in [5, 5.41) is 0. The normalized spacial score (nSPS) is 9.87. The highest BCUT2D eigenvalue weighted by Gasteiger charge is 1.97. The summed E-state index contributed by atoms with van der Waals surface area (Å²) in [7, 11) is 0. The number of nitrogens with one attached hydrogen (secondary N) is 1. The second-order valence-corrected chi connectivity index (χ2v) is 3.17. The van der Waals surface area contributed by atoms with Crippen molar-refractivity contribution in [1.82, 2.24) is 4.98 Å². The van der Waals surface area contributed by atoms with Gasteiger partial charge in [0.15, 0.2) is 0 Å². The van der Waals surface area contributed by atoms with Gasteiger partial charge in [-0.15, -0.1) is 0 Å². The molecule has 3 nitrogen and oxygen atoms in total. The van der Waals surface area contributed by atoms with Crippen LogP contribution in [0.3, 0.4) is 0 Å². The molecule has 0 radical (unpaired) electrons. The van der Waals surface area contributed by atoms with Gasteiger partial charge in [-0.2, -0.15) is 0 Å². The number of hydrogen-bond donors (Lipinski definition) is 1. The number of carbonyl (C=O) groups is 1. The van der Waals surface area contributed by atoms with Crippen LogP contribution in [-0.4, -0.2) is 11.3 Å². The van der Waals surface area contributed by atoms with E-state index in [1.807, 2.05) is 6.07 Å². The maximum Gasteiger partial charge on any atom is 0.248 e. The molecule has 1 N–H and O–H groups in total. The van der Waals surface area contributed by atoms with E-state index in [0.717, 1.165) is 17.5 Å². The van der Waals surface area contributed by atoms with Crippen LogP contribution in [0.1, 0.15) is 10.4 Å². The Morgan fingerprint density at radius 2 is 1.73 bits per heavy atom. The Labute approximate surface area is 86.4 Å². The molecule has 0 aliphatic heterocycles. The zero-order valence-electron chi connectivity index (χ0n) is 7.94. The Bertz CT molecular complexity index is 526. The van der Waals surface area contributed by atoms with E-state index in [9.17, 15) is 9.59 Å². The molecule has 0 fully saturated rings. The molecule has 0 aliphatic carbocycles. The third-order valence-electron chi connectivity index (χ3n) is 2.13. The Balaban J connectivity index is 2.45. The van der Waals surface area contributed by atoms with Crippen molar-refractivity contribution < 1.29 is 4.79 Å². The molecule has 0 atom stereocenters. The van der Waals surface area contributed by atoms with Crippen LogP contribution >= 0.6 is 0 Å². The minimum Gasteiger partial charge on any atom is -0.322 e. The predicted octanol–water partition coefficient (Wildman–Crippen LogP) is 1.85. The summed E-state index contributed by atoms with van der Waals surface area (Å²) in [6.07, 6.45) is 0.789. The number of carbonyl (C=O) groups excluding carboxylic acids is 1. The van der Waals surface area contributed by atoms with Gasteiger partial charge in [-0.25, -0.2) is 0 Å². The third kappa shape index (κ3) is 2.02. The van der Waals surface area contributed by atoms with Gasteiger partial charge in [0.05, 0.1) is 0 Å². The van der Waals surface area contributed by atoms with Crippen LogP contribution < -0.4 is 5.56 Å². The van der Waals surface area contributed by atoms with Gasteiger partial charge in [-0.05, 0) is 11.6 Å². The standard InChI is InChI=1S/C12H9NO2/c14-8-9-4-6-10(7-5-9)11-2-1-3-12(15)13-11/h1-8H,(H,13,15). The van der Waals surface area contributed by atoms with E-state index in [1.54, 1.807) is 30.3 Å². The van der Waals surface area contributed by atoms with E-state index < -0.39 is 0 Å². The lowest BCUT2D eigenvalue weighted by atomic mass is 10.1. The average molecular weight is 199 g/mol. The van der Waals surface area contributed by atoms with Crippen molar-refractivity contribution in [3.05, 3.63) is 58.4 Å². The van der Waals surface area contributed by atoms with Crippen LogP contribution in [0.2, 0.25) is 0 Å². The lowest BCUT2D eigenvalue weighted by molar-refractivity contribution is 0.112. The minimum absolute atomic E-state index is 0.132. The Hall–Kier alpha value is -2.16. The molecular weight excluding hydrogens is 190 g/mol. The molecular formula is C12H9NO2. The van der Waals surface area contributed by atoms with Gasteiger partial charge in [0.2, 0.25) is 5.56 Å². The number of rotatable bonds is 2. The van der Waals surface area contributed by atoms with Crippen molar-refractivity contribution in [1.29, 1.82) is 0 Å². The first-order valence-electron chi connectivity index (χ1n) is 4.54. The smallest absolute Gasteiger partial charge is 0.248 e. The topological polar surface area (TPSA) is 49.9 Å². The molecule has 3 heteroatoms. The molecule has 1 aromatic carbocycles. The molecule has 1 heterocycles. The molecule has 2 aromatic rings. The van der Waals surface area contributed by atoms with Crippen LogP contribution in [0.25, 0.3) is 11.3 Å². The van der Waals surface area contributed by atoms with Crippen LogP contribution in [0.5, 0.6) is 0 Å². The van der Waals surface area contributed by atoms with Gasteiger partial charge < -0.3 is 4.98 Å². The fourth-order valence-electron chi connectivity index (χ4n) is 1.36. The highest BCUT2D eigenvalue weighted by molar-refractivity contribution is 5.76. The van der Waals surface area contributed by atoms with Crippen LogP contribution in [-0.2, 0) is 0 Å². The van der Waals surface area contributed by atoms with E-state index in [-0.39, 0.29) is 5.56 Å². The van der Waals surface area contributed by atoms with Crippen LogP contribution in [0.4, 0.5) is 0 Å². The van der Waals surface area contributed by atoms with Gasteiger partial charge in [0, 0.05) is 17.3 Å². The number of aromatic amines is 1. The summed E-state index contributed by atoms with van der Waals surface area (Å²) in [4.78, 5) is 24.2. The zero-order chi connectivity index (χ0) is 10.7. The highest BCUT2D eigenvalue weighted by atomic mass is 16.1. The summed E-state index contributed by atoms with van der Waals surface area (Å²) in [6.45, 7) is 0. The van der Waals surface area contributed by atoms with Crippen molar-refractivity contribution in [2.75, 3.05) is 0 Å². The van der Waals surface area contributed by atoms with E-state index in [4.69, 9.17) is 0 Å². The minimum atomic E-state index is -0.132. The molecule has 15 heavy (non-hydrogen) atoms. The molecule has 74 valence electrons. The molecule has 0 bridgehead atoms. The largest absolute Gasteiger partial charge is 0.322 e. The van der Waals surface area contributed by atoms with E-state index in [2.05, 4.69) is 4.98 Å². The molecule has 2 rings (SSSR count). The molecule has 0 amide bonds. The molecule has 0 saturated heterocycles. The van der Waals surface area contributed by atoms with Gasteiger partial charge in [-0.1, -0.05) is 30.3 Å². The Kier molecular flexibility index (Phi) is 2.46. The average Bonchev–Trinajstić information content (AvgIpc) is 2.29. The summed E-state index contributed by atoms with van der Waals surface area (Å²) in [5.74, 6) is 0. The number of benzene rings is 1. The predicted molar refractivity (Wildman–Crippen MR) is 57.9 cm³/mol. The van der Waals surface area contributed by atoms with Gasteiger partial charge in [-0.3, -0.25) is 9.59 Å². The first-order chi connectivity index (χ1) is 7.29. The maximum absolute atomic E-state index is 11.1. The first kappa shape index (κ1) is 9.40. The summed E-state index contributed by atoms with van der Waals surface area (Å²) in [5.41, 5.74) is 2.13. The fraction of sp³-hybridized carbons (Fsp3) is 0. The molecule has 0 aliphatic rings. The van der Waals surface area contributed by atoms with Crippen molar-refractivity contribution in [2.45, 2.75) is 0 Å². The summed E-state index contributed by atoms with van der Waals surface area (Å²) < 4.78 is 0. The highest BCUT2D eigenvalue weighted by Crippen LogP contribution is 2.15. The van der Waals surface area contributed by atoms with Crippen LogP contribution in [0, 0.1) is 0 Å². The lowest BCUT2D eigenvalue weighted by Crippen LogP contribution is -2.03. The van der Waals surface area contributed by atoms with Crippen molar-refractivity contribution in [3.8, 4) is 11.3 Å². The first-order valence-corrected chi connectivity index (χ1v) is 4.54. The molecule has 0 spiro atoms. The Morgan fingerprint density at radius 1 is 1.00 bits per heavy atom. The number of hydrogen-bond acceptors (Lipinski definition) is 2. The SMILES string of the molecule is O=Cc1ccc(-c2cccc(=O)[nH]2)cc1. The summed E-state index contributed by atoms with van der Waals surface area (Å²) >= 11 is 0. The van der Waals surface area contributed by atoms with Gasteiger partial charge in [0.1, 0.15) is 6.29 Å². The number of aromatic nitrogens is 1. The molecule has 0 unspecified atom stereocenters. The zero-order valence-corrected chi connectivity index (χ0v) is 7.94. The second-order valence-electron chi connectivity index (χ2n) is 3.17. The van der Waals surface area contributed by atoms with E-state index in [0.29, 0.717) is 5.56 Å². The van der Waals surface area contributed by atoms with Crippen molar-refractivity contribution >= 4 is 6.29 Å². The number of aldehydes is 1. The summed E-state index contributed by atoms with van der Waals surface area (Å²) in [6, 6.07) is 12.0. The van der Waals surface area contributed by atoms with Crippen molar-refractivity contribution in [2.24, 2.45) is 0 Å².